The molecule has 0 amide bonds. The number of likely N-dealkylation sites (N-methyl/N-ethyl adjacent to an activating group) is 1. The van der Waals surface area contributed by atoms with E-state index in [1.165, 1.54) is 34.3 Å². The number of halogens is 1. The number of nitrogens with zero attached hydrogens (tertiary/aromatic N) is 3. The Hall–Kier alpha value is -3.99. The molecule has 10 heteroatoms. The number of benzene rings is 2. The number of piperidine rings is 1. The van der Waals surface area contributed by atoms with Crippen molar-refractivity contribution in [3.05, 3.63) is 99.9 Å². The zero-order valence-electron chi connectivity index (χ0n) is 25.2. The van der Waals surface area contributed by atoms with Crippen LogP contribution in [0.5, 0.6) is 5.75 Å². The first-order valence-electron chi connectivity index (χ1n) is 14.3. The van der Waals surface area contributed by atoms with Gasteiger partial charge in [0.25, 0.3) is 0 Å². The highest BCUT2D eigenvalue weighted by molar-refractivity contribution is 9.10. The molecular formula is C34H36BrN3O6. The maximum atomic E-state index is 12.5. The Labute approximate surface area is 265 Å². The van der Waals surface area contributed by atoms with Gasteiger partial charge < -0.3 is 23.9 Å². The Bertz CT molecular complexity index is 1700. The van der Waals surface area contributed by atoms with Crippen LogP contribution in [0.3, 0.4) is 0 Å². The summed E-state index contributed by atoms with van der Waals surface area (Å²) in [6, 6.07) is 15.7. The Balaban J connectivity index is 0.000000249. The summed E-state index contributed by atoms with van der Waals surface area (Å²) in [5, 5.41) is 9.72. The number of aromatic nitrogens is 2. The van der Waals surface area contributed by atoms with Crippen LogP contribution in [-0.2, 0) is 33.3 Å². The lowest BCUT2D eigenvalue weighted by Crippen LogP contribution is -2.59. The first-order valence-corrected chi connectivity index (χ1v) is 15.1. The van der Waals surface area contributed by atoms with E-state index in [9.17, 15) is 9.59 Å². The topological polar surface area (TPSA) is 103 Å². The van der Waals surface area contributed by atoms with Crippen molar-refractivity contribution in [3.8, 4) is 5.75 Å². The van der Waals surface area contributed by atoms with Gasteiger partial charge in [0.05, 0.1) is 19.3 Å². The van der Waals surface area contributed by atoms with Crippen molar-refractivity contribution in [3.63, 3.8) is 0 Å². The minimum atomic E-state index is -0.967. The molecule has 1 N–H and O–H groups in total. The second-order valence-electron chi connectivity index (χ2n) is 11.2. The molecule has 9 nitrogen and oxygen atoms in total. The van der Waals surface area contributed by atoms with E-state index in [2.05, 4.69) is 68.9 Å². The second kappa shape index (κ2) is 13.3. The van der Waals surface area contributed by atoms with E-state index >= 15 is 0 Å². The Morgan fingerprint density at radius 2 is 1.93 bits per heavy atom. The van der Waals surface area contributed by atoms with Crippen LogP contribution in [-0.4, -0.2) is 72.0 Å². The number of methoxy groups -OCH3 is 2. The largest absolute Gasteiger partial charge is 0.496 e. The van der Waals surface area contributed by atoms with E-state index in [1.807, 2.05) is 19.2 Å². The number of carboxylic acids is 1. The molecule has 3 atom stereocenters. The standard InChI is InChI=1S/C24H26BrN3O3.C10H10O3/c1-27-13-17-8-21-24(30-3,19-5-4-6-20(27)22(17)19)9-15(12-28(21)2)14-31-23(29)16-7-18(25)11-26-10-16;1-13-9-5-3-2-4-8(9)6-7-10(11)12/h4-7,10-11,13,15,21H,8-9,12,14H2,1-3H3;2-7H,1H3,(H,11,12). The molecule has 1 saturated heterocycles. The molecule has 1 aliphatic heterocycles. The third-order valence-corrected chi connectivity index (χ3v) is 8.90. The summed E-state index contributed by atoms with van der Waals surface area (Å²) in [5.41, 5.74) is 4.65. The number of pyridine rings is 1. The van der Waals surface area contributed by atoms with Crippen LogP contribution in [0.25, 0.3) is 17.0 Å². The predicted molar refractivity (Wildman–Crippen MR) is 172 cm³/mol. The summed E-state index contributed by atoms with van der Waals surface area (Å²) in [4.78, 5) is 29.2. The van der Waals surface area contributed by atoms with Gasteiger partial charge in [0, 0.05) is 78.3 Å². The normalized spacial score (nSPS) is 20.9. The molecule has 0 radical (unpaired) electrons. The van der Waals surface area contributed by atoms with E-state index < -0.39 is 11.6 Å². The number of carbonyl (C=O) groups excluding carboxylic acids is 1. The molecule has 2 aliphatic rings. The highest BCUT2D eigenvalue weighted by atomic mass is 79.9. The third kappa shape index (κ3) is 6.29. The average molecular weight is 663 g/mol. The smallest absolute Gasteiger partial charge is 0.339 e. The minimum Gasteiger partial charge on any atom is -0.496 e. The molecular weight excluding hydrogens is 626 g/mol. The molecule has 2 aromatic carbocycles. The molecule has 3 heterocycles. The molecule has 2 aromatic heterocycles. The van der Waals surface area contributed by atoms with Gasteiger partial charge >= 0.3 is 11.9 Å². The van der Waals surface area contributed by atoms with Crippen LogP contribution in [0.2, 0.25) is 0 Å². The molecule has 1 aliphatic carbocycles. The minimum absolute atomic E-state index is 0.172. The summed E-state index contributed by atoms with van der Waals surface area (Å²) in [6.07, 6.45) is 9.79. The number of fused-ring (bicyclic) bond motifs is 2. The van der Waals surface area contributed by atoms with Gasteiger partial charge in [-0.15, -0.1) is 0 Å². The quantitative estimate of drug-likeness (QED) is 0.199. The molecule has 0 bridgehead atoms. The molecule has 230 valence electrons. The number of aryl methyl sites for hydroxylation is 1. The van der Waals surface area contributed by atoms with Crippen LogP contribution >= 0.6 is 15.9 Å². The molecule has 1 fully saturated rings. The van der Waals surface area contributed by atoms with Crippen molar-refractivity contribution in [1.29, 1.82) is 0 Å². The number of carboxylic acid groups (broad SMARTS) is 1. The number of rotatable bonds is 7. The van der Waals surface area contributed by atoms with Crippen molar-refractivity contribution in [2.75, 3.05) is 34.4 Å². The maximum Gasteiger partial charge on any atom is 0.339 e. The van der Waals surface area contributed by atoms with Crippen LogP contribution in [0.1, 0.15) is 33.5 Å². The van der Waals surface area contributed by atoms with E-state index in [0.717, 1.165) is 35.5 Å². The lowest BCUT2D eigenvalue weighted by molar-refractivity contribution is -0.131. The zero-order chi connectivity index (χ0) is 31.4. The number of likely N-dealkylation sites (tertiary alicyclic amines) is 1. The lowest BCUT2D eigenvalue weighted by atomic mass is 9.69. The number of hydrogen-bond acceptors (Lipinski definition) is 7. The molecule has 0 saturated carbocycles. The number of ether oxygens (including phenoxy) is 3. The average Bonchev–Trinajstić information content (AvgIpc) is 3.35. The number of esters is 1. The molecule has 6 rings (SSSR count). The van der Waals surface area contributed by atoms with Crippen molar-refractivity contribution in [2.24, 2.45) is 13.0 Å². The zero-order valence-corrected chi connectivity index (χ0v) is 26.8. The Morgan fingerprint density at radius 3 is 2.66 bits per heavy atom. The number of para-hydroxylation sites is 1. The maximum absolute atomic E-state index is 12.5. The van der Waals surface area contributed by atoms with Gasteiger partial charge in [0.2, 0.25) is 0 Å². The van der Waals surface area contributed by atoms with Crippen molar-refractivity contribution in [2.45, 2.75) is 24.5 Å². The van der Waals surface area contributed by atoms with Gasteiger partial charge in [-0.3, -0.25) is 9.88 Å². The Morgan fingerprint density at radius 1 is 1.14 bits per heavy atom. The van der Waals surface area contributed by atoms with E-state index in [0.29, 0.717) is 17.9 Å². The third-order valence-electron chi connectivity index (χ3n) is 8.47. The predicted octanol–water partition coefficient (Wildman–Crippen LogP) is 5.70. The summed E-state index contributed by atoms with van der Waals surface area (Å²) >= 11 is 3.35. The molecule has 4 aromatic rings. The Kier molecular flexibility index (Phi) is 9.53. The lowest BCUT2D eigenvalue weighted by Gasteiger charge is -2.53. The fourth-order valence-corrected chi connectivity index (χ4v) is 6.96. The van der Waals surface area contributed by atoms with Crippen LogP contribution in [0.15, 0.2) is 77.7 Å². The van der Waals surface area contributed by atoms with Crippen molar-refractivity contribution >= 4 is 44.8 Å². The highest BCUT2D eigenvalue weighted by Gasteiger charge is 2.51. The van der Waals surface area contributed by atoms with Gasteiger partial charge in [-0.2, -0.15) is 0 Å². The van der Waals surface area contributed by atoms with Crippen LogP contribution < -0.4 is 4.74 Å². The summed E-state index contributed by atoms with van der Waals surface area (Å²) in [6.45, 7) is 1.21. The van der Waals surface area contributed by atoms with Gasteiger partial charge in [0.15, 0.2) is 0 Å². The molecule has 0 spiro atoms. The fraction of sp³-hybridized carbons (Fsp3) is 0.324. The van der Waals surface area contributed by atoms with Gasteiger partial charge in [0.1, 0.15) is 11.4 Å². The van der Waals surface area contributed by atoms with Gasteiger partial charge in [-0.05, 0) is 71.2 Å². The van der Waals surface area contributed by atoms with Gasteiger partial charge in [-0.1, -0.05) is 30.3 Å². The summed E-state index contributed by atoms with van der Waals surface area (Å²) in [7, 11) is 7.62. The summed E-state index contributed by atoms with van der Waals surface area (Å²) in [5.74, 6) is -0.474. The number of aliphatic carboxylic acids is 1. The monoisotopic (exact) mass is 661 g/mol. The van der Waals surface area contributed by atoms with E-state index in [4.69, 9.17) is 19.3 Å². The fourth-order valence-electron chi connectivity index (χ4n) is 6.59. The van der Waals surface area contributed by atoms with E-state index in [1.54, 1.807) is 31.5 Å². The number of hydrogen-bond donors (Lipinski definition) is 1. The number of carbonyl (C=O) groups is 2. The van der Waals surface area contributed by atoms with Crippen LogP contribution in [0, 0.1) is 5.92 Å². The first-order chi connectivity index (χ1) is 21.2. The van der Waals surface area contributed by atoms with Crippen LogP contribution in [0.4, 0.5) is 0 Å². The SMILES string of the molecule is COC12CC(COC(=O)c3cncc(Br)c3)CN(C)C1Cc1cn(C)c3cccc2c13.COc1ccccc1C=CC(=O)O. The first kappa shape index (κ1) is 31.4. The molecule has 3 unspecified atom stereocenters. The highest BCUT2D eigenvalue weighted by Crippen LogP contribution is 2.49. The van der Waals surface area contributed by atoms with E-state index in [-0.39, 0.29) is 17.9 Å². The summed E-state index contributed by atoms with van der Waals surface area (Å²) < 4.78 is 20.0. The second-order valence-corrected chi connectivity index (χ2v) is 12.1. The van der Waals surface area contributed by atoms with Gasteiger partial charge in [-0.25, -0.2) is 9.59 Å². The molecule has 44 heavy (non-hydrogen) atoms. The van der Waals surface area contributed by atoms with Crippen molar-refractivity contribution in [1.82, 2.24) is 14.5 Å². The van der Waals surface area contributed by atoms with Crippen molar-refractivity contribution < 1.29 is 28.9 Å².